The van der Waals surface area contributed by atoms with E-state index >= 15 is 0 Å². The topological polar surface area (TPSA) is 151 Å². The maximum absolute atomic E-state index is 11.9. The molecule has 0 aromatic heterocycles. The van der Waals surface area contributed by atoms with E-state index in [4.69, 9.17) is 11.7 Å². The predicted octanol–water partition coefficient (Wildman–Crippen LogP) is -2.66. The third kappa shape index (κ3) is 4.71. The van der Waals surface area contributed by atoms with Gasteiger partial charge in [0, 0.05) is 25.2 Å². The molecule has 114 valence electrons. The lowest BCUT2D eigenvalue weighted by atomic mass is 10.4. The van der Waals surface area contributed by atoms with E-state index in [0.717, 1.165) is 17.1 Å². The van der Waals surface area contributed by atoms with Crippen LogP contribution in [0, 0.1) is 0 Å². The Hall–Kier alpha value is -2.72. The first kappa shape index (κ1) is 16.3. The van der Waals surface area contributed by atoms with E-state index in [1.54, 1.807) is 0 Å². The molecule has 10 nitrogen and oxygen atoms in total. The van der Waals surface area contributed by atoms with Gasteiger partial charge in [-0.1, -0.05) is 12.2 Å². The quantitative estimate of drug-likeness (QED) is 0.138. The van der Waals surface area contributed by atoms with Gasteiger partial charge in [0.25, 0.3) is 17.7 Å². The second-order valence-corrected chi connectivity index (χ2v) is 3.99. The van der Waals surface area contributed by atoms with E-state index in [1.165, 1.54) is 17.1 Å². The molecule has 0 bridgehead atoms. The lowest BCUT2D eigenvalue weighted by Crippen LogP contribution is -2.34. The third-order valence-electron chi connectivity index (χ3n) is 2.57. The molecule has 1 aliphatic rings. The van der Waals surface area contributed by atoms with Crippen LogP contribution in [0.4, 0.5) is 4.79 Å². The zero-order valence-electron chi connectivity index (χ0n) is 11.1. The van der Waals surface area contributed by atoms with Crippen LogP contribution in [0.3, 0.4) is 0 Å². The van der Waals surface area contributed by atoms with Crippen molar-refractivity contribution in [3.05, 3.63) is 24.3 Å². The molecule has 0 spiro atoms. The van der Waals surface area contributed by atoms with Crippen molar-refractivity contribution in [1.82, 2.24) is 20.7 Å². The molecule has 0 atom stereocenters. The minimum Gasteiger partial charge on any atom is -0.311 e. The number of urea groups is 1. The number of hydrogen-bond donors (Lipinski definition) is 4. The van der Waals surface area contributed by atoms with Crippen LogP contribution in [0.25, 0.3) is 0 Å². The van der Waals surface area contributed by atoms with E-state index < -0.39 is 23.8 Å². The number of rotatable bonds is 6. The Morgan fingerprint density at radius 1 is 1.05 bits per heavy atom. The first-order chi connectivity index (χ1) is 9.99. The van der Waals surface area contributed by atoms with Crippen molar-refractivity contribution in [2.75, 3.05) is 19.6 Å². The second-order valence-electron chi connectivity index (χ2n) is 3.99. The molecule has 0 unspecified atom stereocenters. The first-order valence-corrected chi connectivity index (χ1v) is 5.93. The molecule has 10 heteroatoms. The summed E-state index contributed by atoms with van der Waals surface area (Å²) in [5, 5.41) is 0. The van der Waals surface area contributed by atoms with Crippen molar-refractivity contribution in [1.29, 1.82) is 0 Å². The highest BCUT2D eigenvalue weighted by Gasteiger charge is 2.34. The largest absolute Gasteiger partial charge is 0.327 e. The second kappa shape index (κ2) is 7.77. The molecule has 6 N–H and O–H groups in total. The maximum atomic E-state index is 11.9. The summed E-state index contributed by atoms with van der Waals surface area (Å²) in [5.41, 5.74) is 3.78. The number of nitrogens with zero attached hydrogens (tertiary/aromatic N) is 2. The molecule has 21 heavy (non-hydrogen) atoms. The van der Waals surface area contributed by atoms with E-state index in [2.05, 4.69) is 0 Å². The number of hydrazine groups is 2. The highest BCUT2D eigenvalue weighted by molar-refractivity contribution is 6.02. The Morgan fingerprint density at radius 2 is 1.57 bits per heavy atom. The molecular weight excluding hydrogens is 280 g/mol. The SMILES string of the molecule is NNC(=O)C=CCN1CC(=O)N(CC=CC(=O)NN)C1=O. The molecule has 0 aliphatic carbocycles. The van der Waals surface area contributed by atoms with Gasteiger partial charge in [-0.25, -0.2) is 16.5 Å². The third-order valence-corrected chi connectivity index (χ3v) is 2.57. The standard InChI is InChI=1S/C11H16N6O4/c12-14-8(18)3-1-5-16-7-10(20)17(11(16)21)6-2-4-9(19)15-13/h1-4H,5-7,12-13H2,(H,14,18)(H,15,19). The highest BCUT2D eigenvalue weighted by Crippen LogP contribution is 2.09. The van der Waals surface area contributed by atoms with Crippen molar-refractivity contribution < 1.29 is 19.2 Å². The molecular formula is C11H16N6O4. The minimum atomic E-state index is -0.540. The lowest BCUT2D eigenvalue weighted by molar-refractivity contribution is -0.125. The number of nitrogens with one attached hydrogen (secondary N) is 2. The van der Waals surface area contributed by atoms with Gasteiger partial charge in [0.15, 0.2) is 0 Å². The Kier molecular flexibility index (Phi) is 6.04. The average Bonchev–Trinajstić information content (AvgIpc) is 2.74. The Labute approximate surface area is 120 Å². The molecule has 1 heterocycles. The van der Waals surface area contributed by atoms with E-state index in [-0.39, 0.29) is 19.6 Å². The Morgan fingerprint density at radius 3 is 2.10 bits per heavy atom. The van der Waals surface area contributed by atoms with Crippen LogP contribution in [0.2, 0.25) is 0 Å². The Bertz CT molecular complexity index is 501. The van der Waals surface area contributed by atoms with Crippen LogP contribution >= 0.6 is 0 Å². The van der Waals surface area contributed by atoms with E-state index in [9.17, 15) is 19.2 Å². The summed E-state index contributed by atoms with van der Waals surface area (Å²) in [6.45, 7) is -0.0274. The molecule has 0 saturated carbocycles. The minimum absolute atomic E-state index is 0.0331. The van der Waals surface area contributed by atoms with E-state index in [1.807, 2.05) is 10.9 Å². The number of hydrogen-bond acceptors (Lipinski definition) is 6. The molecule has 1 saturated heterocycles. The molecule has 1 fully saturated rings. The number of carbonyl (C=O) groups is 4. The monoisotopic (exact) mass is 296 g/mol. The van der Waals surface area contributed by atoms with Crippen LogP contribution in [-0.2, 0) is 14.4 Å². The van der Waals surface area contributed by atoms with Gasteiger partial charge >= 0.3 is 6.03 Å². The molecule has 0 radical (unpaired) electrons. The van der Waals surface area contributed by atoms with Crippen molar-refractivity contribution in [2.24, 2.45) is 11.7 Å². The zero-order valence-corrected chi connectivity index (χ0v) is 11.1. The summed E-state index contributed by atoms with van der Waals surface area (Å²) in [6, 6.07) is -0.504. The van der Waals surface area contributed by atoms with Gasteiger partial charge < -0.3 is 4.90 Å². The maximum Gasteiger partial charge on any atom is 0.327 e. The number of amides is 5. The van der Waals surface area contributed by atoms with Crippen molar-refractivity contribution in [3.63, 3.8) is 0 Å². The van der Waals surface area contributed by atoms with Crippen LogP contribution in [0.1, 0.15) is 0 Å². The predicted molar refractivity (Wildman–Crippen MR) is 71.6 cm³/mol. The van der Waals surface area contributed by atoms with Gasteiger partial charge in [-0.05, 0) is 0 Å². The zero-order chi connectivity index (χ0) is 15.8. The fourth-order valence-electron chi connectivity index (χ4n) is 1.56. The fourth-order valence-corrected chi connectivity index (χ4v) is 1.56. The van der Waals surface area contributed by atoms with Crippen LogP contribution < -0.4 is 22.5 Å². The fraction of sp³-hybridized carbons (Fsp3) is 0.273. The van der Waals surface area contributed by atoms with Gasteiger partial charge in [0.05, 0.1) is 0 Å². The molecule has 5 amide bonds. The van der Waals surface area contributed by atoms with Crippen LogP contribution in [0.5, 0.6) is 0 Å². The average molecular weight is 296 g/mol. The summed E-state index contributed by atoms with van der Waals surface area (Å²) < 4.78 is 0. The smallest absolute Gasteiger partial charge is 0.311 e. The van der Waals surface area contributed by atoms with Gasteiger partial charge in [-0.15, -0.1) is 0 Å². The number of imide groups is 1. The number of carbonyl (C=O) groups excluding carboxylic acids is 4. The van der Waals surface area contributed by atoms with Gasteiger partial charge in [-0.3, -0.25) is 30.1 Å². The summed E-state index contributed by atoms with van der Waals surface area (Å²) in [7, 11) is 0. The summed E-state index contributed by atoms with van der Waals surface area (Å²) in [5.74, 6) is 8.32. The lowest BCUT2D eigenvalue weighted by Gasteiger charge is -2.13. The number of nitrogens with two attached hydrogens (primary N) is 2. The van der Waals surface area contributed by atoms with Gasteiger partial charge in [-0.2, -0.15) is 0 Å². The van der Waals surface area contributed by atoms with Crippen molar-refractivity contribution in [2.45, 2.75) is 0 Å². The van der Waals surface area contributed by atoms with Gasteiger partial charge in [0.2, 0.25) is 0 Å². The summed E-state index contributed by atoms with van der Waals surface area (Å²) in [6.07, 6.45) is 5.04. The molecule has 0 aromatic rings. The summed E-state index contributed by atoms with van der Waals surface area (Å²) >= 11 is 0. The Balaban J connectivity index is 2.54. The van der Waals surface area contributed by atoms with Crippen LogP contribution in [-0.4, -0.2) is 53.2 Å². The molecule has 1 aliphatic heterocycles. The van der Waals surface area contributed by atoms with Crippen molar-refractivity contribution in [3.8, 4) is 0 Å². The molecule has 1 rings (SSSR count). The van der Waals surface area contributed by atoms with Crippen molar-refractivity contribution >= 4 is 23.8 Å². The molecule has 0 aromatic carbocycles. The van der Waals surface area contributed by atoms with E-state index in [0.29, 0.717) is 0 Å². The van der Waals surface area contributed by atoms with Crippen LogP contribution in [0.15, 0.2) is 24.3 Å². The first-order valence-electron chi connectivity index (χ1n) is 5.93. The highest BCUT2D eigenvalue weighted by atomic mass is 16.2. The summed E-state index contributed by atoms with van der Waals surface area (Å²) in [4.78, 5) is 47.6. The van der Waals surface area contributed by atoms with Gasteiger partial charge in [0.1, 0.15) is 6.54 Å². The normalized spacial score (nSPS) is 15.3.